The van der Waals surface area contributed by atoms with Gasteiger partial charge in [0.1, 0.15) is 10.7 Å². The zero-order chi connectivity index (χ0) is 15.7. The van der Waals surface area contributed by atoms with Gasteiger partial charge in [0.05, 0.1) is 22.4 Å². The maximum absolute atomic E-state index is 12.4. The number of morpholine rings is 1. The minimum absolute atomic E-state index is 0.0336. The fourth-order valence-corrected chi connectivity index (χ4v) is 3.97. The Bertz CT molecular complexity index is 714. The molecule has 6 nitrogen and oxygen atoms in total. The number of hydrogen-bond donors (Lipinski definition) is 1. The summed E-state index contributed by atoms with van der Waals surface area (Å²) in [4.78, 5) is 30.1. The molecule has 116 valence electrons. The number of carbonyl (C=O) groups is 2. The molecule has 1 amide bonds. The second kappa shape index (κ2) is 6.33. The molecule has 3 rings (SSSR count). The Morgan fingerprint density at radius 2 is 2.27 bits per heavy atom. The minimum Gasteiger partial charge on any atom is -0.479 e. The van der Waals surface area contributed by atoms with E-state index in [1.165, 1.54) is 27.6 Å². The number of nitrogens with zero attached hydrogens (tertiary/aromatic N) is 2. The van der Waals surface area contributed by atoms with E-state index in [0.29, 0.717) is 16.6 Å². The lowest BCUT2D eigenvalue weighted by Gasteiger charge is -2.30. The number of carbonyl (C=O) groups excluding carboxylic acids is 1. The van der Waals surface area contributed by atoms with Gasteiger partial charge in [-0.1, -0.05) is 11.6 Å². The van der Waals surface area contributed by atoms with Gasteiger partial charge in [-0.05, 0) is 12.1 Å². The first-order chi connectivity index (χ1) is 10.5. The van der Waals surface area contributed by atoms with Crippen LogP contribution in [0.15, 0.2) is 17.5 Å². The van der Waals surface area contributed by atoms with Crippen molar-refractivity contribution < 1.29 is 19.4 Å². The van der Waals surface area contributed by atoms with Crippen LogP contribution in [0.4, 0.5) is 0 Å². The van der Waals surface area contributed by atoms with Crippen LogP contribution in [-0.2, 0) is 9.53 Å². The number of ether oxygens (including phenoxy) is 1. The molecule has 1 N–H and O–H groups in total. The largest absolute Gasteiger partial charge is 0.479 e. The summed E-state index contributed by atoms with van der Waals surface area (Å²) in [6, 6.07) is 3.64. The molecule has 22 heavy (non-hydrogen) atoms. The van der Waals surface area contributed by atoms with Gasteiger partial charge in [0.15, 0.2) is 6.10 Å². The number of halogens is 1. The zero-order valence-corrected chi connectivity index (χ0v) is 13.6. The standard InChI is InChI=1S/C13H11ClN2O4S2/c14-10-2-1-9(22-10)11-15-7(6-21-11)12(17)16-3-4-20-8(5-16)13(18)19/h1-2,6,8H,3-5H2,(H,18,19). The predicted octanol–water partition coefficient (Wildman–Crippen LogP) is 2.45. The van der Waals surface area contributed by atoms with Gasteiger partial charge in [-0.15, -0.1) is 22.7 Å². The van der Waals surface area contributed by atoms with Gasteiger partial charge in [-0.25, -0.2) is 9.78 Å². The van der Waals surface area contributed by atoms with Gasteiger partial charge in [0.25, 0.3) is 5.91 Å². The van der Waals surface area contributed by atoms with E-state index in [0.717, 1.165) is 9.88 Å². The van der Waals surface area contributed by atoms with Crippen molar-refractivity contribution in [3.63, 3.8) is 0 Å². The topological polar surface area (TPSA) is 79.7 Å². The lowest BCUT2D eigenvalue weighted by Crippen LogP contribution is -2.48. The number of carboxylic acids is 1. The van der Waals surface area contributed by atoms with Crippen LogP contribution in [0.5, 0.6) is 0 Å². The summed E-state index contributed by atoms with van der Waals surface area (Å²) < 4.78 is 5.77. The monoisotopic (exact) mass is 358 g/mol. The van der Waals surface area contributed by atoms with Crippen LogP contribution in [-0.4, -0.2) is 52.7 Å². The van der Waals surface area contributed by atoms with E-state index in [2.05, 4.69) is 4.98 Å². The highest BCUT2D eigenvalue weighted by Gasteiger charge is 2.30. The van der Waals surface area contributed by atoms with Crippen LogP contribution in [0.3, 0.4) is 0 Å². The summed E-state index contributed by atoms with van der Waals surface area (Å²) >= 11 is 8.66. The molecule has 0 bridgehead atoms. The van der Waals surface area contributed by atoms with E-state index in [9.17, 15) is 9.59 Å². The summed E-state index contributed by atoms with van der Waals surface area (Å²) in [7, 11) is 0. The Kier molecular flexibility index (Phi) is 4.44. The zero-order valence-electron chi connectivity index (χ0n) is 11.2. The number of amides is 1. The highest BCUT2D eigenvalue weighted by molar-refractivity contribution is 7.23. The smallest absolute Gasteiger partial charge is 0.334 e. The van der Waals surface area contributed by atoms with Crippen molar-refractivity contribution in [2.75, 3.05) is 19.7 Å². The molecule has 2 aromatic heterocycles. The van der Waals surface area contributed by atoms with Crippen LogP contribution in [0.25, 0.3) is 9.88 Å². The normalized spacial score (nSPS) is 18.4. The van der Waals surface area contributed by atoms with Gasteiger partial charge < -0.3 is 14.7 Å². The molecule has 9 heteroatoms. The maximum atomic E-state index is 12.4. The molecule has 1 saturated heterocycles. The van der Waals surface area contributed by atoms with Gasteiger partial charge in [-0.3, -0.25) is 4.79 Å². The van der Waals surface area contributed by atoms with Crippen molar-refractivity contribution in [2.45, 2.75) is 6.10 Å². The molecule has 3 heterocycles. The minimum atomic E-state index is -1.07. The Morgan fingerprint density at radius 1 is 1.45 bits per heavy atom. The third-order valence-corrected chi connectivity index (χ3v) is 5.38. The second-order valence-electron chi connectivity index (χ2n) is 4.59. The Balaban J connectivity index is 1.75. The number of hydrogen-bond acceptors (Lipinski definition) is 6. The lowest BCUT2D eigenvalue weighted by atomic mass is 10.2. The highest BCUT2D eigenvalue weighted by Crippen LogP contribution is 2.33. The number of carboxylic acid groups (broad SMARTS) is 1. The van der Waals surface area contributed by atoms with Gasteiger partial charge in [-0.2, -0.15) is 0 Å². The van der Waals surface area contributed by atoms with Crippen molar-refractivity contribution in [1.29, 1.82) is 0 Å². The highest BCUT2D eigenvalue weighted by atomic mass is 35.5. The average Bonchev–Trinajstić information content (AvgIpc) is 3.15. The maximum Gasteiger partial charge on any atom is 0.334 e. The Labute approximate surface area is 138 Å². The summed E-state index contributed by atoms with van der Waals surface area (Å²) in [5.41, 5.74) is 0.315. The number of thiophene rings is 1. The second-order valence-corrected chi connectivity index (χ2v) is 7.16. The van der Waals surface area contributed by atoms with Gasteiger partial charge >= 0.3 is 5.97 Å². The van der Waals surface area contributed by atoms with Crippen molar-refractivity contribution in [3.8, 4) is 9.88 Å². The van der Waals surface area contributed by atoms with Crippen LogP contribution in [0.2, 0.25) is 4.34 Å². The first-order valence-corrected chi connectivity index (χ1v) is 8.47. The molecule has 1 fully saturated rings. The van der Waals surface area contributed by atoms with Crippen molar-refractivity contribution in [2.24, 2.45) is 0 Å². The fraction of sp³-hybridized carbons (Fsp3) is 0.308. The Morgan fingerprint density at radius 3 is 2.95 bits per heavy atom. The summed E-state index contributed by atoms with van der Waals surface area (Å²) in [5, 5.41) is 11.4. The molecule has 2 aromatic rings. The molecule has 0 saturated carbocycles. The number of aliphatic carboxylic acids is 1. The molecular formula is C13H11ClN2O4S2. The quantitative estimate of drug-likeness (QED) is 0.911. The van der Waals surface area contributed by atoms with E-state index in [4.69, 9.17) is 21.4 Å². The van der Waals surface area contributed by atoms with E-state index in [-0.39, 0.29) is 19.1 Å². The van der Waals surface area contributed by atoms with Crippen molar-refractivity contribution in [1.82, 2.24) is 9.88 Å². The van der Waals surface area contributed by atoms with Crippen LogP contribution >= 0.6 is 34.3 Å². The summed E-state index contributed by atoms with van der Waals surface area (Å²) in [6.07, 6.45) is -0.980. The molecule has 1 unspecified atom stereocenters. The van der Waals surface area contributed by atoms with Crippen molar-refractivity contribution in [3.05, 3.63) is 27.5 Å². The summed E-state index contributed by atoms with van der Waals surface area (Å²) in [5.74, 6) is -1.34. The van der Waals surface area contributed by atoms with Crippen molar-refractivity contribution >= 4 is 46.2 Å². The molecule has 0 aliphatic carbocycles. The number of rotatable bonds is 3. The molecule has 1 atom stereocenters. The molecule has 1 aliphatic heterocycles. The van der Waals surface area contributed by atoms with Crippen LogP contribution in [0.1, 0.15) is 10.5 Å². The fourth-order valence-electron chi connectivity index (χ4n) is 2.06. The first-order valence-electron chi connectivity index (χ1n) is 6.39. The molecule has 0 spiro atoms. The average molecular weight is 359 g/mol. The van der Waals surface area contributed by atoms with E-state index in [1.54, 1.807) is 11.4 Å². The van der Waals surface area contributed by atoms with E-state index < -0.39 is 12.1 Å². The summed E-state index contributed by atoms with van der Waals surface area (Å²) in [6.45, 7) is 0.604. The Hall–Kier alpha value is -1.48. The number of thiazole rings is 1. The third kappa shape index (κ3) is 3.14. The van der Waals surface area contributed by atoms with E-state index in [1.807, 2.05) is 6.07 Å². The predicted molar refractivity (Wildman–Crippen MR) is 83.7 cm³/mol. The lowest BCUT2D eigenvalue weighted by molar-refractivity contribution is -0.154. The molecule has 0 radical (unpaired) electrons. The first kappa shape index (κ1) is 15.4. The SMILES string of the molecule is O=C(O)C1CN(C(=O)c2csc(-c3ccc(Cl)s3)n2)CCO1. The van der Waals surface area contributed by atoms with Crippen LogP contribution in [0, 0.1) is 0 Å². The van der Waals surface area contributed by atoms with Gasteiger partial charge in [0.2, 0.25) is 0 Å². The third-order valence-electron chi connectivity index (χ3n) is 3.14. The molecule has 0 aromatic carbocycles. The molecule has 1 aliphatic rings. The van der Waals surface area contributed by atoms with Crippen LogP contribution < -0.4 is 0 Å². The van der Waals surface area contributed by atoms with E-state index >= 15 is 0 Å². The van der Waals surface area contributed by atoms with Gasteiger partial charge in [0, 0.05) is 11.9 Å². The molecular weight excluding hydrogens is 348 g/mol. The number of aromatic nitrogens is 1.